The molecule has 1 aromatic rings. The standard InChI is InChI=1S/C15H24ClN3O/c1-15(2,3)14-18-12(16)9-13(19-14)17-10-7-5-4-6-8-11(10)20/h9-11,20H,4-8H2,1-3H3,(H,17,18,19). The first-order valence-electron chi connectivity index (χ1n) is 7.36. The van der Waals surface area contributed by atoms with Crippen LogP contribution in [0.1, 0.15) is 58.7 Å². The van der Waals surface area contributed by atoms with Crippen LogP contribution in [0.4, 0.5) is 5.82 Å². The maximum absolute atomic E-state index is 10.2. The summed E-state index contributed by atoms with van der Waals surface area (Å²) in [5.41, 5.74) is -0.149. The first-order chi connectivity index (χ1) is 9.36. The van der Waals surface area contributed by atoms with E-state index in [2.05, 4.69) is 36.1 Å². The predicted octanol–water partition coefficient (Wildman–Crippen LogP) is 3.53. The van der Waals surface area contributed by atoms with Gasteiger partial charge in [0, 0.05) is 11.5 Å². The molecule has 0 aromatic carbocycles. The smallest absolute Gasteiger partial charge is 0.137 e. The van der Waals surface area contributed by atoms with Crippen molar-refractivity contribution in [3.05, 3.63) is 17.0 Å². The van der Waals surface area contributed by atoms with Crippen LogP contribution in [-0.2, 0) is 5.41 Å². The molecule has 2 unspecified atom stereocenters. The Labute approximate surface area is 126 Å². The predicted molar refractivity (Wildman–Crippen MR) is 82.2 cm³/mol. The summed E-state index contributed by atoms with van der Waals surface area (Å²) in [6, 6.07) is 1.78. The summed E-state index contributed by atoms with van der Waals surface area (Å²) in [5.74, 6) is 1.43. The molecule has 1 heterocycles. The highest BCUT2D eigenvalue weighted by atomic mass is 35.5. The van der Waals surface area contributed by atoms with Gasteiger partial charge in [-0.3, -0.25) is 0 Å². The maximum Gasteiger partial charge on any atom is 0.137 e. The van der Waals surface area contributed by atoms with E-state index < -0.39 is 0 Å². The lowest BCUT2D eigenvalue weighted by Gasteiger charge is -2.24. The van der Waals surface area contributed by atoms with Crippen LogP contribution >= 0.6 is 11.6 Å². The first kappa shape index (κ1) is 15.5. The molecule has 1 saturated carbocycles. The van der Waals surface area contributed by atoms with Gasteiger partial charge in [0.25, 0.3) is 0 Å². The van der Waals surface area contributed by atoms with Crippen LogP contribution in [0.15, 0.2) is 6.07 Å². The van der Waals surface area contributed by atoms with Crippen LogP contribution in [0.25, 0.3) is 0 Å². The van der Waals surface area contributed by atoms with E-state index in [1.54, 1.807) is 6.07 Å². The fourth-order valence-electron chi connectivity index (χ4n) is 2.47. The van der Waals surface area contributed by atoms with Gasteiger partial charge in [-0.15, -0.1) is 0 Å². The molecule has 0 amide bonds. The van der Waals surface area contributed by atoms with Gasteiger partial charge in [0.2, 0.25) is 0 Å². The van der Waals surface area contributed by atoms with Crippen molar-refractivity contribution in [1.29, 1.82) is 0 Å². The second-order valence-electron chi connectivity index (χ2n) is 6.61. The van der Waals surface area contributed by atoms with Gasteiger partial charge in [-0.2, -0.15) is 0 Å². The Bertz CT molecular complexity index is 459. The third-order valence-electron chi connectivity index (χ3n) is 3.68. The Hall–Kier alpha value is -0.870. The average Bonchev–Trinajstić information content (AvgIpc) is 2.53. The number of halogens is 1. The van der Waals surface area contributed by atoms with Gasteiger partial charge in [-0.1, -0.05) is 51.6 Å². The Morgan fingerprint density at radius 3 is 2.60 bits per heavy atom. The number of hydrogen-bond donors (Lipinski definition) is 2. The van der Waals surface area contributed by atoms with E-state index in [0.717, 1.165) is 31.5 Å². The Balaban J connectivity index is 2.18. The number of rotatable bonds is 2. The van der Waals surface area contributed by atoms with Gasteiger partial charge in [-0.05, 0) is 12.8 Å². The number of nitrogens with zero attached hydrogens (tertiary/aromatic N) is 2. The summed E-state index contributed by atoms with van der Waals surface area (Å²) in [6.07, 6.45) is 4.92. The molecule has 2 N–H and O–H groups in total. The van der Waals surface area contributed by atoms with E-state index in [9.17, 15) is 5.11 Å². The largest absolute Gasteiger partial charge is 0.391 e. The van der Waals surface area contributed by atoms with Crippen molar-refractivity contribution >= 4 is 17.4 Å². The third kappa shape index (κ3) is 4.06. The Morgan fingerprint density at radius 2 is 1.90 bits per heavy atom. The molecule has 2 rings (SSSR count). The van der Waals surface area contributed by atoms with Crippen LogP contribution in [-0.4, -0.2) is 27.2 Å². The zero-order valence-electron chi connectivity index (χ0n) is 12.5. The van der Waals surface area contributed by atoms with Crippen molar-refractivity contribution in [2.75, 3.05) is 5.32 Å². The van der Waals surface area contributed by atoms with Gasteiger partial charge in [0.15, 0.2) is 0 Å². The van der Waals surface area contributed by atoms with Crippen molar-refractivity contribution in [2.24, 2.45) is 0 Å². The monoisotopic (exact) mass is 297 g/mol. The topological polar surface area (TPSA) is 58.0 Å². The van der Waals surface area contributed by atoms with Crippen LogP contribution in [0, 0.1) is 0 Å². The van der Waals surface area contributed by atoms with Gasteiger partial charge in [0.1, 0.15) is 16.8 Å². The molecule has 4 nitrogen and oxygen atoms in total. The SMILES string of the molecule is CC(C)(C)c1nc(Cl)cc(NC2CCCCCC2O)n1. The van der Waals surface area contributed by atoms with E-state index in [-0.39, 0.29) is 17.6 Å². The molecule has 0 radical (unpaired) electrons. The number of aliphatic hydroxyl groups is 1. The number of nitrogens with one attached hydrogen (secondary N) is 1. The quantitative estimate of drug-likeness (QED) is 0.647. The number of anilines is 1. The summed E-state index contributed by atoms with van der Waals surface area (Å²) >= 11 is 6.09. The van der Waals surface area contributed by atoms with E-state index in [1.807, 2.05) is 0 Å². The van der Waals surface area contributed by atoms with E-state index >= 15 is 0 Å². The lowest BCUT2D eigenvalue weighted by Crippen LogP contribution is -2.33. The Morgan fingerprint density at radius 1 is 1.20 bits per heavy atom. The number of aromatic nitrogens is 2. The molecule has 1 aliphatic rings. The van der Waals surface area contributed by atoms with Crippen molar-refractivity contribution < 1.29 is 5.11 Å². The van der Waals surface area contributed by atoms with Crippen molar-refractivity contribution in [2.45, 2.75) is 70.4 Å². The minimum atomic E-state index is -0.315. The molecule has 20 heavy (non-hydrogen) atoms. The van der Waals surface area contributed by atoms with E-state index in [1.165, 1.54) is 6.42 Å². The van der Waals surface area contributed by atoms with E-state index in [0.29, 0.717) is 11.0 Å². The molecular formula is C15H24ClN3O. The van der Waals surface area contributed by atoms with Gasteiger partial charge in [-0.25, -0.2) is 9.97 Å². The molecule has 1 aromatic heterocycles. The molecule has 0 saturated heterocycles. The summed E-state index contributed by atoms with van der Waals surface area (Å²) in [6.45, 7) is 6.18. The van der Waals surface area contributed by atoms with Crippen LogP contribution in [0.5, 0.6) is 0 Å². The second kappa shape index (κ2) is 6.27. The maximum atomic E-state index is 10.2. The highest BCUT2D eigenvalue weighted by molar-refractivity contribution is 6.29. The zero-order chi connectivity index (χ0) is 14.8. The van der Waals surface area contributed by atoms with Gasteiger partial charge >= 0.3 is 0 Å². The summed E-state index contributed by atoms with van der Waals surface area (Å²) in [7, 11) is 0. The van der Waals surface area contributed by atoms with Crippen molar-refractivity contribution in [1.82, 2.24) is 9.97 Å². The fraction of sp³-hybridized carbons (Fsp3) is 0.733. The molecule has 112 valence electrons. The first-order valence-corrected chi connectivity index (χ1v) is 7.74. The molecule has 1 fully saturated rings. The van der Waals surface area contributed by atoms with Gasteiger partial charge < -0.3 is 10.4 Å². The summed E-state index contributed by atoms with van der Waals surface area (Å²) in [5, 5.41) is 13.9. The number of hydrogen-bond acceptors (Lipinski definition) is 4. The molecular weight excluding hydrogens is 274 g/mol. The summed E-state index contributed by atoms with van der Waals surface area (Å²) in [4.78, 5) is 8.83. The minimum Gasteiger partial charge on any atom is -0.391 e. The second-order valence-corrected chi connectivity index (χ2v) is 6.99. The Kier molecular flexibility index (Phi) is 4.86. The lowest BCUT2D eigenvalue weighted by atomic mass is 9.96. The van der Waals surface area contributed by atoms with E-state index in [4.69, 9.17) is 11.6 Å². The zero-order valence-corrected chi connectivity index (χ0v) is 13.2. The van der Waals surface area contributed by atoms with Crippen LogP contribution in [0.2, 0.25) is 5.15 Å². The van der Waals surface area contributed by atoms with Crippen molar-refractivity contribution in [3.8, 4) is 0 Å². The minimum absolute atomic E-state index is 0.0521. The lowest BCUT2D eigenvalue weighted by molar-refractivity contribution is 0.144. The van der Waals surface area contributed by atoms with Crippen LogP contribution < -0.4 is 5.32 Å². The number of aliphatic hydroxyl groups excluding tert-OH is 1. The molecule has 0 bridgehead atoms. The highest BCUT2D eigenvalue weighted by Crippen LogP contribution is 2.25. The fourth-order valence-corrected chi connectivity index (χ4v) is 2.66. The third-order valence-corrected chi connectivity index (χ3v) is 3.87. The van der Waals surface area contributed by atoms with Crippen LogP contribution in [0.3, 0.4) is 0 Å². The summed E-state index contributed by atoms with van der Waals surface area (Å²) < 4.78 is 0. The normalized spacial score (nSPS) is 24.2. The highest BCUT2D eigenvalue weighted by Gasteiger charge is 2.23. The molecule has 5 heteroatoms. The molecule has 0 aliphatic heterocycles. The molecule has 1 aliphatic carbocycles. The van der Waals surface area contributed by atoms with Gasteiger partial charge in [0.05, 0.1) is 12.1 Å². The average molecular weight is 298 g/mol. The van der Waals surface area contributed by atoms with Crippen molar-refractivity contribution in [3.63, 3.8) is 0 Å². The molecule has 0 spiro atoms. The molecule has 2 atom stereocenters.